The average Bonchev–Trinajstić information content (AvgIpc) is 2.94. The molecule has 0 N–H and O–H groups in total. The lowest BCUT2D eigenvalue weighted by atomic mass is 10.0. The summed E-state index contributed by atoms with van der Waals surface area (Å²) in [6.45, 7) is 0.682. The van der Waals surface area contributed by atoms with Crippen molar-refractivity contribution < 1.29 is 14.3 Å². The Balaban J connectivity index is 1.96. The summed E-state index contributed by atoms with van der Waals surface area (Å²) in [5, 5.41) is 0.492. The molecular weight excluding hydrogens is 276 g/mol. The largest absolute Gasteiger partial charge is 0.495 e. The fraction of sp³-hybridized carbons (Fsp3) is 0.188. The van der Waals surface area contributed by atoms with Crippen LogP contribution in [0.4, 0.5) is 0 Å². The number of ether oxygens (including phenoxy) is 2. The van der Waals surface area contributed by atoms with Gasteiger partial charge in [0.1, 0.15) is 11.5 Å². The Morgan fingerprint density at radius 2 is 1.95 bits per heavy atom. The minimum atomic E-state index is -0.0466. The van der Waals surface area contributed by atoms with Crippen LogP contribution in [-0.2, 0) is 6.42 Å². The van der Waals surface area contributed by atoms with Gasteiger partial charge in [0.15, 0.2) is 5.78 Å². The van der Waals surface area contributed by atoms with Crippen molar-refractivity contribution in [3.63, 3.8) is 0 Å². The minimum absolute atomic E-state index is 0.0466. The van der Waals surface area contributed by atoms with Crippen LogP contribution in [0.5, 0.6) is 11.5 Å². The molecule has 102 valence electrons. The quantitative estimate of drug-likeness (QED) is 0.811. The molecule has 0 fully saturated rings. The number of benzene rings is 2. The van der Waals surface area contributed by atoms with Crippen molar-refractivity contribution in [3.8, 4) is 11.5 Å². The van der Waals surface area contributed by atoms with Crippen LogP contribution in [0.15, 0.2) is 36.4 Å². The highest BCUT2D eigenvalue weighted by Gasteiger charge is 2.17. The molecule has 0 unspecified atom stereocenters. The normalized spacial score (nSPS) is 12.7. The zero-order chi connectivity index (χ0) is 14.1. The predicted octanol–water partition coefficient (Wildman–Crippen LogP) is 3.51. The summed E-state index contributed by atoms with van der Waals surface area (Å²) in [5.41, 5.74) is 2.29. The molecule has 1 heterocycles. The molecule has 2 aromatic rings. The maximum absolute atomic E-state index is 12.5. The van der Waals surface area contributed by atoms with Gasteiger partial charge in [0.25, 0.3) is 0 Å². The Kier molecular flexibility index (Phi) is 3.36. The molecular formula is C16H13ClO3. The molecule has 2 aromatic carbocycles. The van der Waals surface area contributed by atoms with Gasteiger partial charge in [-0.25, -0.2) is 0 Å². The van der Waals surface area contributed by atoms with Crippen molar-refractivity contribution in [2.45, 2.75) is 6.42 Å². The second-order valence-electron chi connectivity index (χ2n) is 4.60. The van der Waals surface area contributed by atoms with E-state index in [-0.39, 0.29) is 5.78 Å². The highest BCUT2D eigenvalue weighted by Crippen LogP contribution is 2.29. The minimum Gasteiger partial charge on any atom is -0.495 e. The topological polar surface area (TPSA) is 35.5 Å². The van der Waals surface area contributed by atoms with Gasteiger partial charge in [-0.3, -0.25) is 4.79 Å². The van der Waals surface area contributed by atoms with Crippen molar-refractivity contribution in [2.75, 3.05) is 13.7 Å². The second kappa shape index (κ2) is 5.17. The number of rotatable bonds is 3. The van der Waals surface area contributed by atoms with Crippen LogP contribution in [0.25, 0.3) is 0 Å². The Morgan fingerprint density at radius 3 is 2.75 bits per heavy atom. The summed E-state index contributed by atoms with van der Waals surface area (Å²) in [6.07, 6.45) is 0.848. The molecule has 20 heavy (non-hydrogen) atoms. The van der Waals surface area contributed by atoms with E-state index >= 15 is 0 Å². The van der Waals surface area contributed by atoms with Gasteiger partial charge in [-0.15, -0.1) is 0 Å². The Labute approximate surface area is 122 Å². The first-order valence-corrected chi connectivity index (χ1v) is 6.71. The van der Waals surface area contributed by atoms with Gasteiger partial charge in [-0.2, -0.15) is 0 Å². The van der Waals surface area contributed by atoms with Crippen molar-refractivity contribution in [1.29, 1.82) is 0 Å². The third-order valence-electron chi connectivity index (χ3n) is 3.36. The van der Waals surface area contributed by atoms with Gasteiger partial charge in [0, 0.05) is 17.5 Å². The summed E-state index contributed by atoms with van der Waals surface area (Å²) >= 11 is 5.97. The number of hydrogen-bond acceptors (Lipinski definition) is 3. The van der Waals surface area contributed by atoms with E-state index < -0.39 is 0 Å². The molecule has 0 saturated heterocycles. The highest BCUT2D eigenvalue weighted by molar-refractivity contribution is 6.32. The lowest BCUT2D eigenvalue weighted by Gasteiger charge is -2.07. The van der Waals surface area contributed by atoms with E-state index in [1.165, 1.54) is 7.11 Å². The summed E-state index contributed by atoms with van der Waals surface area (Å²) in [6, 6.07) is 10.6. The number of carbonyl (C=O) groups is 1. The molecule has 3 rings (SSSR count). The number of carbonyl (C=O) groups excluding carboxylic acids is 1. The van der Waals surface area contributed by atoms with E-state index in [1.54, 1.807) is 24.3 Å². The van der Waals surface area contributed by atoms with E-state index in [4.69, 9.17) is 21.1 Å². The van der Waals surface area contributed by atoms with Crippen LogP contribution in [0, 0.1) is 0 Å². The van der Waals surface area contributed by atoms with Crippen molar-refractivity contribution in [2.24, 2.45) is 0 Å². The SMILES string of the molecule is COc1cc(C(=O)c2ccc3c(c2)CCO3)ccc1Cl. The molecule has 0 atom stereocenters. The number of ketones is 1. The molecule has 1 aliphatic heterocycles. The zero-order valence-corrected chi connectivity index (χ0v) is 11.7. The highest BCUT2D eigenvalue weighted by atomic mass is 35.5. The van der Waals surface area contributed by atoms with Gasteiger partial charge < -0.3 is 9.47 Å². The number of methoxy groups -OCH3 is 1. The molecule has 0 saturated carbocycles. The van der Waals surface area contributed by atoms with Crippen LogP contribution in [0.3, 0.4) is 0 Å². The molecule has 3 nitrogen and oxygen atoms in total. The third kappa shape index (κ3) is 2.25. The lowest BCUT2D eigenvalue weighted by Crippen LogP contribution is -2.02. The van der Waals surface area contributed by atoms with E-state index in [2.05, 4.69) is 0 Å². The second-order valence-corrected chi connectivity index (χ2v) is 5.01. The van der Waals surface area contributed by atoms with Crippen molar-refractivity contribution >= 4 is 17.4 Å². The predicted molar refractivity (Wildman–Crippen MR) is 77.1 cm³/mol. The Hall–Kier alpha value is -2.00. The van der Waals surface area contributed by atoms with Crippen molar-refractivity contribution in [1.82, 2.24) is 0 Å². The van der Waals surface area contributed by atoms with E-state index in [0.29, 0.717) is 28.5 Å². The molecule has 4 heteroatoms. The van der Waals surface area contributed by atoms with Gasteiger partial charge in [-0.1, -0.05) is 11.6 Å². The summed E-state index contributed by atoms with van der Waals surface area (Å²) in [7, 11) is 1.53. The first-order valence-electron chi connectivity index (χ1n) is 6.33. The fourth-order valence-electron chi connectivity index (χ4n) is 2.30. The average molecular weight is 289 g/mol. The lowest BCUT2D eigenvalue weighted by molar-refractivity contribution is 0.103. The van der Waals surface area contributed by atoms with Crippen LogP contribution in [0.1, 0.15) is 21.5 Å². The number of halogens is 1. The standard InChI is InChI=1S/C16H13ClO3/c1-19-15-9-12(2-4-13(15)17)16(18)11-3-5-14-10(8-11)6-7-20-14/h2-5,8-9H,6-7H2,1H3. The van der Waals surface area contributed by atoms with Gasteiger partial charge in [0.2, 0.25) is 0 Å². The smallest absolute Gasteiger partial charge is 0.193 e. The van der Waals surface area contributed by atoms with Crippen LogP contribution in [-0.4, -0.2) is 19.5 Å². The van der Waals surface area contributed by atoms with Gasteiger partial charge in [0.05, 0.1) is 18.7 Å². The van der Waals surface area contributed by atoms with Crippen LogP contribution < -0.4 is 9.47 Å². The Morgan fingerprint density at radius 1 is 1.20 bits per heavy atom. The van der Waals surface area contributed by atoms with E-state index in [1.807, 2.05) is 12.1 Å². The van der Waals surface area contributed by atoms with E-state index in [9.17, 15) is 4.79 Å². The van der Waals surface area contributed by atoms with Gasteiger partial charge in [-0.05, 0) is 42.0 Å². The third-order valence-corrected chi connectivity index (χ3v) is 3.68. The fourth-order valence-corrected chi connectivity index (χ4v) is 2.49. The molecule has 0 amide bonds. The monoisotopic (exact) mass is 288 g/mol. The van der Waals surface area contributed by atoms with Crippen LogP contribution in [0.2, 0.25) is 5.02 Å². The maximum atomic E-state index is 12.5. The molecule has 0 aliphatic carbocycles. The molecule has 0 bridgehead atoms. The maximum Gasteiger partial charge on any atom is 0.193 e. The van der Waals surface area contributed by atoms with Crippen molar-refractivity contribution in [3.05, 3.63) is 58.1 Å². The molecule has 0 aromatic heterocycles. The summed E-state index contributed by atoms with van der Waals surface area (Å²) in [4.78, 5) is 12.5. The molecule has 0 radical (unpaired) electrons. The summed E-state index contributed by atoms with van der Waals surface area (Å²) in [5.74, 6) is 1.33. The Bertz CT molecular complexity index is 666. The molecule has 0 spiro atoms. The molecule has 1 aliphatic rings. The van der Waals surface area contributed by atoms with Gasteiger partial charge >= 0.3 is 0 Å². The van der Waals surface area contributed by atoms with E-state index in [0.717, 1.165) is 17.7 Å². The first kappa shape index (κ1) is 13.0. The van der Waals surface area contributed by atoms with Crippen LogP contribution >= 0.6 is 11.6 Å². The zero-order valence-electron chi connectivity index (χ0n) is 11.0. The first-order chi connectivity index (χ1) is 9.69. The number of fused-ring (bicyclic) bond motifs is 1. The summed E-state index contributed by atoms with van der Waals surface area (Å²) < 4.78 is 10.6. The number of hydrogen-bond donors (Lipinski definition) is 0.